The van der Waals surface area contributed by atoms with Gasteiger partial charge in [0, 0.05) is 56.4 Å². The molecule has 0 aromatic heterocycles. The van der Waals surface area contributed by atoms with Gasteiger partial charge in [0.2, 0.25) is 11.8 Å². The van der Waals surface area contributed by atoms with Gasteiger partial charge < -0.3 is 15.0 Å². The van der Waals surface area contributed by atoms with Gasteiger partial charge in [-0.2, -0.15) is 5.26 Å². The molecule has 1 spiro atoms. The number of piperidine rings is 2. The molecule has 3 aromatic rings. The zero-order valence-corrected chi connectivity index (χ0v) is 32.4. The molecule has 6 aliphatic rings. The minimum Gasteiger partial charge on any atom is -0.490 e. The number of rotatable bonds is 8. The van der Waals surface area contributed by atoms with E-state index in [1.807, 2.05) is 49.4 Å². The molecular formula is C45H48N6O6. The number of ether oxygens (including phenoxy) is 1. The van der Waals surface area contributed by atoms with Crippen molar-refractivity contribution in [3.05, 3.63) is 93.5 Å². The SMILES string of the molecule is Cc1cc(OC2CCC3(CC2)CC(NC(=O)c2ccc(N4CCC(CN5Cc6cc7c(cc6C5)C(=O)N(C5CCC(=O)NC5=O)C7=O)CC4)cc2)C3)ccc1C#N. The zero-order valence-electron chi connectivity index (χ0n) is 32.4. The molecule has 3 aromatic carbocycles. The summed E-state index contributed by atoms with van der Waals surface area (Å²) in [7, 11) is 0. The number of imide groups is 2. The van der Waals surface area contributed by atoms with Crippen molar-refractivity contribution in [1.29, 1.82) is 5.26 Å². The minimum absolute atomic E-state index is 0.00877. The fraction of sp³-hybridized carbons (Fsp3) is 0.467. The van der Waals surface area contributed by atoms with Gasteiger partial charge in [-0.05, 0) is 147 Å². The van der Waals surface area contributed by atoms with Crippen LogP contribution in [-0.4, -0.2) is 77.2 Å². The predicted octanol–water partition coefficient (Wildman–Crippen LogP) is 5.40. The first kappa shape index (κ1) is 37.1. The first-order valence-corrected chi connectivity index (χ1v) is 20.5. The molecule has 4 fully saturated rings. The first-order valence-electron chi connectivity index (χ1n) is 20.5. The molecule has 2 saturated carbocycles. The van der Waals surface area contributed by atoms with E-state index in [0.717, 1.165) is 104 Å². The monoisotopic (exact) mass is 768 g/mol. The molecule has 2 aliphatic carbocycles. The molecule has 4 aliphatic heterocycles. The second-order valence-electron chi connectivity index (χ2n) is 17.2. The number of hydrogen-bond acceptors (Lipinski definition) is 9. The molecule has 0 radical (unpaired) electrons. The average Bonchev–Trinajstić information content (AvgIpc) is 3.70. The number of anilines is 1. The van der Waals surface area contributed by atoms with Crippen LogP contribution in [0.5, 0.6) is 5.75 Å². The van der Waals surface area contributed by atoms with Crippen molar-refractivity contribution in [3.63, 3.8) is 0 Å². The van der Waals surface area contributed by atoms with E-state index in [1.54, 1.807) is 0 Å². The number of nitrogens with one attached hydrogen (secondary N) is 2. The Balaban J connectivity index is 0.706. The fourth-order valence-electron chi connectivity index (χ4n) is 10.2. The molecular weight excluding hydrogens is 721 g/mol. The Morgan fingerprint density at radius 1 is 0.895 bits per heavy atom. The van der Waals surface area contributed by atoms with E-state index in [4.69, 9.17) is 4.74 Å². The van der Waals surface area contributed by atoms with Gasteiger partial charge in [-0.15, -0.1) is 0 Å². The van der Waals surface area contributed by atoms with Crippen molar-refractivity contribution in [2.24, 2.45) is 11.3 Å². The first-order chi connectivity index (χ1) is 27.5. The van der Waals surface area contributed by atoms with Crippen LogP contribution in [-0.2, 0) is 22.7 Å². The van der Waals surface area contributed by atoms with Crippen molar-refractivity contribution < 1.29 is 28.7 Å². The Labute approximate surface area is 332 Å². The second-order valence-corrected chi connectivity index (χ2v) is 17.2. The summed E-state index contributed by atoms with van der Waals surface area (Å²) in [4.78, 5) is 69.7. The van der Waals surface area contributed by atoms with Crippen molar-refractivity contribution in [3.8, 4) is 11.8 Å². The van der Waals surface area contributed by atoms with Crippen LogP contribution in [0.3, 0.4) is 0 Å². The second kappa shape index (κ2) is 14.8. The topological polar surface area (TPSA) is 152 Å². The lowest BCUT2D eigenvalue weighted by molar-refractivity contribution is -0.136. The lowest BCUT2D eigenvalue weighted by atomic mass is 9.58. The summed E-state index contributed by atoms with van der Waals surface area (Å²) in [5.41, 5.74) is 6.52. The zero-order chi connectivity index (χ0) is 39.4. The summed E-state index contributed by atoms with van der Waals surface area (Å²) >= 11 is 0. The van der Waals surface area contributed by atoms with Gasteiger partial charge in [0.1, 0.15) is 11.8 Å². The maximum Gasteiger partial charge on any atom is 0.262 e. The summed E-state index contributed by atoms with van der Waals surface area (Å²) in [6.07, 6.45) is 8.81. The van der Waals surface area contributed by atoms with Crippen LogP contribution >= 0.6 is 0 Å². The van der Waals surface area contributed by atoms with Crippen LogP contribution in [0.15, 0.2) is 54.6 Å². The molecule has 294 valence electrons. The number of fused-ring (bicyclic) bond motifs is 2. The number of hydrogen-bond donors (Lipinski definition) is 2. The van der Waals surface area contributed by atoms with Gasteiger partial charge in [0.05, 0.1) is 28.9 Å². The number of carbonyl (C=O) groups excluding carboxylic acids is 5. The van der Waals surface area contributed by atoms with Crippen LogP contribution in [0.4, 0.5) is 5.69 Å². The summed E-state index contributed by atoms with van der Waals surface area (Å²) in [5, 5.41) is 14.7. The Bertz CT molecular complexity index is 2140. The molecule has 1 atom stereocenters. The molecule has 5 amide bonds. The van der Waals surface area contributed by atoms with E-state index in [0.29, 0.717) is 46.7 Å². The molecule has 1 unspecified atom stereocenters. The third-order valence-corrected chi connectivity index (χ3v) is 13.5. The highest BCUT2D eigenvalue weighted by Crippen LogP contribution is 2.52. The number of nitrogens with zero attached hydrogens (tertiary/aromatic N) is 4. The summed E-state index contributed by atoms with van der Waals surface area (Å²) in [6, 6.07) is 18.8. The number of aryl methyl sites for hydroxylation is 1. The molecule has 57 heavy (non-hydrogen) atoms. The minimum atomic E-state index is -0.957. The van der Waals surface area contributed by atoms with Crippen LogP contribution in [0.25, 0.3) is 0 Å². The third-order valence-electron chi connectivity index (χ3n) is 13.5. The molecule has 2 N–H and O–H groups in total. The predicted molar refractivity (Wildman–Crippen MR) is 210 cm³/mol. The quantitative estimate of drug-likeness (QED) is 0.287. The maximum atomic E-state index is 13.3. The van der Waals surface area contributed by atoms with Crippen molar-refractivity contribution >= 4 is 35.2 Å². The highest BCUT2D eigenvalue weighted by atomic mass is 16.5. The molecule has 4 heterocycles. The fourth-order valence-corrected chi connectivity index (χ4v) is 10.2. The Morgan fingerprint density at radius 2 is 1.56 bits per heavy atom. The van der Waals surface area contributed by atoms with Gasteiger partial charge in [0.15, 0.2) is 0 Å². The molecule has 12 nitrogen and oxygen atoms in total. The number of nitriles is 1. The standard InChI is InChI=1S/C45H48N6O6/c1-27-18-36(7-4-30(27)23-46)57-35-10-14-45(15-11-35)21-33(22-45)47-41(53)29-2-5-34(6-3-29)50-16-12-28(13-17-50)24-49-25-31-19-37-38(20-32(31)26-49)44(56)51(43(37)55)39-8-9-40(52)48-42(39)54/h2-7,18-20,28,33,35,39H,8-17,21-22,24-26H2,1H3,(H,47,53)(H,48,52,54). The Kier molecular flexibility index (Phi) is 9.59. The van der Waals surface area contributed by atoms with Crippen LogP contribution in [0.1, 0.15) is 118 Å². The van der Waals surface area contributed by atoms with E-state index in [9.17, 15) is 29.2 Å². The van der Waals surface area contributed by atoms with Gasteiger partial charge in [0.25, 0.3) is 17.7 Å². The van der Waals surface area contributed by atoms with E-state index in [1.165, 1.54) is 0 Å². The number of carbonyl (C=O) groups is 5. The number of benzene rings is 3. The lowest BCUT2D eigenvalue weighted by Crippen LogP contribution is -2.54. The molecule has 12 heteroatoms. The van der Waals surface area contributed by atoms with Crippen molar-refractivity contribution in [1.82, 2.24) is 20.4 Å². The number of amides is 5. The van der Waals surface area contributed by atoms with Gasteiger partial charge in [-0.1, -0.05) is 0 Å². The smallest absolute Gasteiger partial charge is 0.262 e. The Morgan fingerprint density at radius 3 is 2.18 bits per heavy atom. The van der Waals surface area contributed by atoms with Gasteiger partial charge in [-0.25, -0.2) is 0 Å². The maximum absolute atomic E-state index is 13.3. The largest absolute Gasteiger partial charge is 0.490 e. The normalized spacial score (nSPS) is 26.1. The van der Waals surface area contributed by atoms with Crippen LogP contribution in [0.2, 0.25) is 0 Å². The van der Waals surface area contributed by atoms with Crippen molar-refractivity contribution in [2.45, 2.75) is 102 Å². The van der Waals surface area contributed by atoms with Gasteiger partial charge in [-0.3, -0.25) is 39.1 Å². The Hall–Kier alpha value is -5.54. The van der Waals surface area contributed by atoms with E-state index >= 15 is 0 Å². The van der Waals surface area contributed by atoms with E-state index in [2.05, 4.69) is 38.6 Å². The van der Waals surface area contributed by atoms with E-state index < -0.39 is 23.8 Å². The highest BCUT2D eigenvalue weighted by molar-refractivity contribution is 6.23. The third kappa shape index (κ3) is 7.18. The molecule has 9 rings (SSSR count). The summed E-state index contributed by atoms with van der Waals surface area (Å²) < 4.78 is 6.26. The van der Waals surface area contributed by atoms with Crippen molar-refractivity contribution in [2.75, 3.05) is 24.5 Å². The summed E-state index contributed by atoms with van der Waals surface area (Å²) in [6.45, 7) is 6.18. The van der Waals surface area contributed by atoms with Gasteiger partial charge >= 0.3 is 0 Å². The average molecular weight is 769 g/mol. The summed E-state index contributed by atoms with van der Waals surface area (Å²) in [5.74, 6) is -0.550. The lowest BCUT2D eigenvalue weighted by Gasteiger charge is -2.51. The van der Waals surface area contributed by atoms with Crippen LogP contribution < -0.4 is 20.3 Å². The molecule has 0 bridgehead atoms. The highest BCUT2D eigenvalue weighted by Gasteiger charge is 2.47. The van der Waals surface area contributed by atoms with Crippen LogP contribution in [0, 0.1) is 29.6 Å². The molecule has 2 saturated heterocycles. The van der Waals surface area contributed by atoms with E-state index in [-0.39, 0.29) is 36.8 Å².